The topological polar surface area (TPSA) is 58.6 Å². The van der Waals surface area contributed by atoms with Crippen LogP contribution in [-0.2, 0) is 22.6 Å². The molecule has 0 aliphatic heterocycles. The first-order chi connectivity index (χ1) is 18.3. The number of rotatable bonds is 10. The first-order valence-electron chi connectivity index (χ1n) is 12.5. The Kier molecular flexibility index (Phi) is 9.58. The van der Waals surface area contributed by atoms with E-state index in [0.29, 0.717) is 12.2 Å². The van der Waals surface area contributed by atoms with Crippen LogP contribution in [0.15, 0.2) is 99.9 Å². The number of hydrogen-bond acceptors (Lipinski definition) is 3. The highest BCUT2D eigenvalue weighted by molar-refractivity contribution is 9.11. The van der Waals surface area contributed by atoms with Crippen molar-refractivity contribution in [3.05, 3.63) is 111 Å². The minimum atomic E-state index is -0.713. The lowest BCUT2D eigenvalue weighted by molar-refractivity contribution is -0.143. The van der Waals surface area contributed by atoms with E-state index in [0.717, 1.165) is 30.8 Å². The van der Waals surface area contributed by atoms with Crippen molar-refractivity contribution in [2.24, 2.45) is 0 Å². The lowest BCUT2D eigenvalue weighted by Crippen LogP contribution is -2.52. The quantitative estimate of drug-likeness (QED) is 0.206. The average Bonchev–Trinajstić information content (AvgIpc) is 2.90. The maximum Gasteiger partial charge on any atom is 0.261 e. The third-order valence-corrected chi connectivity index (χ3v) is 7.43. The maximum atomic E-state index is 13.8. The van der Waals surface area contributed by atoms with E-state index >= 15 is 0 Å². The first kappa shape index (κ1) is 27.9. The number of ether oxygens (including phenoxy) is 1. The van der Waals surface area contributed by atoms with Crippen LogP contribution in [0.4, 0.5) is 0 Å². The van der Waals surface area contributed by atoms with Crippen molar-refractivity contribution in [2.45, 2.75) is 38.9 Å². The van der Waals surface area contributed by atoms with Crippen molar-refractivity contribution in [2.75, 3.05) is 6.61 Å². The number of benzene rings is 4. The number of hydrogen-bond donors (Lipinski definition) is 1. The molecule has 4 aromatic rings. The molecule has 5 nitrogen and oxygen atoms in total. The van der Waals surface area contributed by atoms with Gasteiger partial charge in [-0.05, 0) is 69.9 Å². The number of carbonyl (C=O) groups excluding carboxylic acids is 2. The van der Waals surface area contributed by atoms with E-state index in [-0.39, 0.29) is 31.0 Å². The van der Waals surface area contributed by atoms with Crippen molar-refractivity contribution in [3.63, 3.8) is 0 Å². The highest BCUT2D eigenvalue weighted by Crippen LogP contribution is 2.33. The fraction of sp³-hybridized carbons (Fsp3) is 0.226. The van der Waals surface area contributed by atoms with Gasteiger partial charge in [-0.1, -0.05) is 88.7 Å². The Labute approximate surface area is 240 Å². The Morgan fingerprint density at radius 3 is 2.32 bits per heavy atom. The molecule has 4 rings (SSSR count). The lowest BCUT2D eigenvalue weighted by Gasteiger charge is -2.32. The summed E-state index contributed by atoms with van der Waals surface area (Å²) in [6.45, 7) is 3.89. The third-order valence-electron chi connectivity index (χ3n) is 6.12. The summed E-state index contributed by atoms with van der Waals surface area (Å²) >= 11 is 7.15. The highest BCUT2D eigenvalue weighted by Gasteiger charge is 2.31. The number of halogens is 2. The van der Waals surface area contributed by atoms with Crippen molar-refractivity contribution >= 4 is 54.4 Å². The van der Waals surface area contributed by atoms with Gasteiger partial charge in [0, 0.05) is 23.5 Å². The van der Waals surface area contributed by atoms with Crippen molar-refractivity contribution < 1.29 is 14.3 Å². The predicted molar refractivity (Wildman–Crippen MR) is 159 cm³/mol. The lowest BCUT2D eigenvalue weighted by atomic mass is 10.0. The molecular formula is C31H30Br2N2O3. The van der Waals surface area contributed by atoms with Crippen LogP contribution in [-0.4, -0.2) is 35.4 Å². The first-order valence-corrected chi connectivity index (χ1v) is 14.1. The summed E-state index contributed by atoms with van der Waals surface area (Å²) in [5, 5.41) is 5.08. The molecule has 0 saturated heterocycles. The zero-order valence-electron chi connectivity index (χ0n) is 21.4. The number of amides is 2. The smallest absolute Gasteiger partial charge is 0.261 e. The number of nitrogens with zero attached hydrogens (tertiary/aromatic N) is 1. The molecular weight excluding hydrogens is 608 g/mol. The normalized spacial score (nSPS) is 11.8. The van der Waals surface area contributed by atoms with Gasteiger partial charge in [0.1, 0.15) is 11.8 Å². The molecule has 0 spiro atoms. The summed E-state index contributed by atoms with van der Waals surface area (Å²) in [4.78, 5) is 28.9. The second kappa shape index (κ2) is 13.1. The Bertz CT molecular complexity index is 1410. The van der Waals surface area contributed by atoms with E-state index in [4.69, 9.17) is 4.74 Å². The van der Waals surface area contributed by atoms with E-state index in [2.05, 4.69) is 37.2 Å². The van der Waals surface area contributed by atoms with Gasteiger partial charge in [0.15, 0.2) is 6.61 Å². The average molecular weight is 638 g/mol. The molecule has 0 bridgehead atoms. The number of fused-ring (bicyclic) bond motifs is 1. The molecule has 2 amide bonds. The van der Waals surface area contributed by atoms with E-state index in [1.807, 2.05) is 105 Å². The summed E-state index contributed by atoms with van der Waals surface area (Å²) in [5.41, 5.74) is 1.89. The molecule has 0 unspecified atom stereocenters. The molecule has 0 saturated carbocycles. The summed E-state index contributed by atoms with van der Waals surface area (Å²) in [6, 6.07) is 28.5. The number of nitrogens with one attached hydrogen (secondary N) is 1. The van der Waals surface area contributed by atoms with Crippen LogP contribution in [0.25, 0.3) is 10.8 Å². The van der Waals surface area contributed by atoms with E-state index in [9.17, 15) is 9.59 Å². The Balaban J connectivity index is 1.64. The summed E-state index contributed by atoms with van der Waals surface area (Å²) in [7, 11) is 0. The Hall–Kier alpha value is -3.16. The minimum Gasteiger partial charge on any atom is -0.483 e. The van der Waals surface area contributed by atoms with E-state index in [1.165, 1.54) is 0 Å². The van der Waals surface area contributed by atoms with Crippen molar-refractivity contribution in [1.29, 1.82) is 0 Å². The molecule has 7 heteroatoms. The predicted octanol–water partition coefficient (Wildman–Crippen LogP) is 6.91. The fourth-order valence-electron chi connectivity index (χ4n) is 4.31. The van der Waals surface area contributed by atoms with Crippen LogP contribution < -0.4 is 10.1 Å². The second-order valence-electron chi connectivity index (χ2n) is 9.41. The Morgan fingerprint density at radius 1 is 0.868 bits per heavy atom. The van der Waals surface area contributed by atoms with Gasteiger partial charge < -0.3 is 15.0 Å². The van der Waals surface area contributed by atoms with Crippen LogP contribution >= 0.6 is 31.9 Å². The van der Waals surface area contributed by atoms with Gasteiger partial charge in [0.25, 0.3) is 5.91 Å². The van der Waals surface area contributed by atoms with Gasteiger partial charge in [0.05, 0.1) is 4.47 Å². The fourth-order valence-corrected chi connectivity index (χ4v) is 5.37. The van der Waals surface area contributed by atoms with Gasteiger partial charge in [-0.3, -0.25) is 9.59 Å². The Morgan fingerprint density at radius 2 is 1.58 bits per heavy atom. The number of carbonyl (C=O) groups is 2. The van der Waals surface area contributed by atoms with E-state index in [1.54, 1.807) is 4.90 Å². The largest absolute Gasteiger partial charge is 0.483 e. The molecule has 0 fully saturated rings. The van der Waals surface area contributed by atoms with Gasteiger partial charge in [-0.25, -0.2) is 0 Å². The molecule has 1 N–H and O–H groups in total. The standard InChI is InChI=1S/C31H30Br2N2O3/c1-21(2)34-31(37)27(18-22-9-4-3-5-10-22)35(19-23-11-8-13-25(32)17-23)29(36)20-38-28-16-15-24-12-6-7-14-26(24)30(28)33/h3-17,21,27H,18-20H2,1-2H3,(H,34,37)/t27-/m1/s1. The summed E-state index contributed by atoms with van der Waals surface area (Å²) in [5.74, 6) is 0.106. The molecule has 0 heterocycles. The van der Waals surface area contributed by atoms with Gasteiger partial charge in [0.2, 0.25) is 5.91 Å². The second-order valence-corrected chi connectivity index (χ2v) is 11.1. The van der Waals surface area contributed by atoms with Crippen LogP contribution in [0.5, 0.6) is 5.75 Å². The highest BCUT2D eigenvalue weighted by atomic mass is 79.9. The van der Waals surface area contributed by atoms with Gasteiger partial charge >= 0.3 is 0 Å². The molecule has 38 heavy (non-hydrogen) atoms. The molecule has 196 valence electrons. The third kappa shape index (κ3) is 7.23. The monoisotopic (exact) mass is 636 g/mol. The zero-order chi connectivity index (χ0) is 27.1. The summed E-state index contributed by atoms with van der Waals surface area (Å²) < 4.78 is 7.73. The molecule has 0 aliphatic carbocycles. The zero-order valence-corrected chi connectivity index (χ0v) is 24.5. The van der Waals surface area contributed by atoms with Crippen LogP contribution in [0.2, 0.25) is 0 Å². The van der Waals surface area contributed by atoms with Crippen LogP contribution in [0.1, 0.15) is 25.0 Å². The maximum absolute atomic E-state index is 13.8. The van der Waals surface area contributed by atoms with Gasteiger partial charge in [-0.2, -0.15) is 0 Å². The van der Waals surface area contributed by atoms with Gasteiger partial charge in [-0.15, -0.1) is 0 Å². The molecule has 0 radical (unpaired) electrons. The molecule has 1 atom stereocenters. The van der Waals surface area contributed by atoms with Crippen LogP contribution in [0.3, 0.4) is 0 Å². The SMILES string of the molecule is CC(C)NC(=O)[C@@H](Cc1ccccc1)N(Cc1cccc(Br)c1)C(=O)COc1ccc2ccccc2c1Br. The summed E-state index contributed by atoms with van der Waals surface area (Å²) in [6.07, 6.45) is 0.388. The van der Waals surface area contributed by atoms with Crippen molar-refractivity contribution in [1.82, 2.24) is 10.2 Å². The van der Waals surface area contributed by atoms with Crippen LogP contribution in [0, 0.1) is 0 Å². The van der Waals surface area contributed by atoms with Crippen molar-refractivity contribution in [3.8, 4) is 5.75 Å². The minimum absolute atomic E-state index is 0.0617. The molecule has 0 aliphatic rings. The van der Waals surface area contributed by atoms with E-state index < -0.39 is 6.04 Å². The molecule has 4 aromatic carbocycles. The molecule has 0 aromatic heterocycles.